The fourth-order valence-electron chi connectivity index (χ4n) is 4.56. The number of benzene rings is 2. The summed E-state index contributed by atoms with van der Waals surface area (Å²) in [6.45, 7) is 4.45. The first-order valence-electron chi connectivity index (χ1n) is 11.9. The lowest BCUT2D eigenvalue weighted by molar-refractivity contribution is -0.141. The van der Waals surface area contributed by atoms with E-state index < -0.39 is 6.04 Å². The van der Waals surface area contributed by atoms with Crippen LogP contribution in [0.5, 0.6) is 0 Å². The highest BCUT2D eigenvalue weighted by Crippen LogP contribution is 2.21. The maximum absolute atomic E-state index is 13.4. The van der Waals surface area contributed by atoms with E-state index >= 15 is 0 Å². The lowest BCUT2D eigenvalue weighted by Gasteiger charge is -2.33. The van der Waals surface area contributed by atoms with Crippen molar-refractivity contribution in [2.75, 3.05) is 0 Å². The standard InChI is InChI=1S/C27H35ClN2O2/c1-3-25(27(32)29-23-13-5-4-6-14-23)30(19-21-11-9-10-20(2)18-21)26(31)17-16-22-12-7-8-15-24(22)28/h7-12,15,18,23,25H,3-6,13-14,16-17,19H2,1-2H3,(H,29,32)/t25-/m0/s1. The summed E-state index contributed by atoms with van der Waals surface area (Å²) >= 11 is 6.29. The summed E-state index contributed by atoms with van der Waals surface area (Å²) in [5.74, 6) is -0.0461. The van der Waals surface area contributed by atoms with Gasteiger partial charge in [-0.2, -0.15) is 0 Å². The molecule has 172 valence electrons. The van der Waals surface area contributed by atoms with Crippen LogP contribution in [0.4, 0.5) is 0 Å². The van der Waals surface area contributed by atoms with Crippen LogP contribution in [0.2, 0.25) is 5.02 Å². The Labute approximate surface area is 197 Å². The van der Waals surface area contributed by atoms with Gasteiger partial charge in [-0.25, -0.2) is 0 Å². The molecule has 2 aromatic rings. The summed E-state index contributed by atoms with van der Waals surface area (Å²) in [7, 11) is 0. The lowest BCUT2D eigenvalue weighted by atomic mass is 9.95. The maximum Gasteiger partial charge on any atom is 0.243 e. The molecular formula is C27H35ClN2O2. The number of carbonyl (C=O) groups excluding carboxylic acids is 2. The second-order valence-corrected chi connectivity index (χ2v) is 9.28. The molecule has 0 saturated heterocycles. The van der Waals surface area contributed by atoms with Gasteiger partial charge in [0, 0.05) is 24.0 Å². The smallest absolute Gasteiger partial charge is 0.243 e. The van der Waals surface area contributed by atoms with Gasteiger partial charge in [0.05, 0.1) is 0 Å². The second kappa shape index (κ2) is 12.1. The summed E-state index contributed by atoms with van der Waals surface area (Å²) in [5.41, 5.74) is 3.14. The Morgan fingerprint density at radius 1 is 1.09 bits per heavy atom. The number of halogens is 1. The van der Waals surface area contributed by atoms with Crippen molar-refractivity contribution < 1.29 is 9.59 Å². The van der Waals surface area contributed by atoms with Crippen molar-refractivity contribution in [1.29, 1.82) is 0 Å². The van der Waals surface area contributed by atoms with Crippen LogP contribution in [-0.4, -0.2) is 28.8 Å². The zero-order valence-corrected chi connectivity index (χ0v) is 20.0. The molecule has 0 spiro atoms. The predicted molar refractivity (Wildman–Crippen MR) is 131 cm³/mol. The first kappa shape index (κ1) is 24.3. The molecule has 0 unspecified atom stereocenters. The van der Waals surface area contributed by atoms with Gasteiger partial charge in [-0.3, -0.25) is 9.59 Å². The van der Waals surface area contributed by atoms with Crippen molar-refractivity contribution in [3.63, 3.8) is 0 Å². The van der Waals surface area contributed by atoms with Crippen LogP contribution in [0.25, 0.3) is 0 Å². The van der Waals surface area contributed by atoms with Crippen LogP contribution in [-0.2, 0) is 22.6 Å². The minimum absolute atomic E-state index is 0.0166. The highest BCUT2D eigenvalue weighted by atomic mass is 35.5. The fourth-order valence-corrected chi connectivity index (χ4v) is 4.79. The normalized spacial score (nSPS) is 15.2. The molecule has 32 heavy (non-hydrogen) atoms. The molecule has 1 N–H and O–H groups in total. The molecule has 1 atom stereocenters. The number of aryl methyl sites for hydroxylation is 2. The van der Waals surface area contributed by atoms with Crippen LogP contribution >= 0.6 is 11.6 Å². The quantitative estimate of drug-likeness (QED) is 0.517. The highest BCUT2D eigenvalue weighted by Gasteiger charge is 2.30. The molecule has 4 nitrogen and oxygen atoms in total. The van der Waals surface area contributed by atoms with Crippen LogP contribution in [0.1, 0.15) is 68.6 Å². The van der Waals surface area contributed by atoms with E-state index in [2.05, 4.69) is 11.4 Å². The van der Waals surface area contributed by atoms with E-state index in [-0.39, 0.29) is 17.9 Å². The number of rotatable bonds is 9. The average molecular weight is 455 g/mol. The van der Waals surface area contributed by atoms with Crippen molar-refractivity contribution in [3.05, 3.63) is 70.2 Å². The third kappa shape index (κ3) is 6.83. The molecule has 2 amide bonds. The van der Waals surface area contributed by atoms with E-state index in [1.807, 2.05) is 56.3 Å². The molecule has 0 bridgehead atoms. The van der Waals surface area contributed by atoms with Gasteiger partial charge in [-0.1, -0.05) is 85.8 Å². The van der Waals surface area contributed by atoms with Crippen LogP contribution in [0.15, 0.2) is 48.5 Å². The minimum atomic E-state index is -0.476. The summed E-state index contributed by atoms with van der Waals surface area (Å²) in [6.07, 6.45) is 7.08. The van der Waals surface area contributed by atoms with Gasteiger partial charge in [0.25, 0.3) is 0 Å². The summed E-state index contributed by atoms with van der Waals surface area (Å²) in [4.78, 5) is 28.4. The SMILES string of the molecule is CC[C@@H](C(=O)NC1CCCCC1)N(Cc1cccc(C)c1)C(=O)CCc1ccccc1Cl. The molecule has 3 rings (SSSR count). The van der Waals surface area contributed by atoms with Crippen LogP contribution in [0, 0.1) is 6.92 Å². The Balaban J connectivity index is 1.76. The van der Waals surface area contributed by atoms with Gasteiger partial charge in [-0.15, -0.1) is 0 Å². The van der Waals surface area contributed by atoms with Crippen LogP contribution in [0.3, 0.4) is 0 Å². The molecule has 1 saturated carbocycles. The molecule has 0 radical (unpaired) electrons. The van der Waals surface area contributed by atoms with Crippen molar-refractivity contribution in [2.24, 2.45) is 0 Å². The van der Waals surface area contributed by atoms with Crippen molar-refractivity contribution in [2.45, 2.75) is 83.8 Å². The number of nitrogens with zero attached hydrogens (tertiary/aromatic N) is 1. The van der Waals surface area contributed by atoms with Gasteiger partial charge in [-0.05, 0) is 49.8 Å². The summed E-state index contributed by atoms with van der Waals surface area (Å²) in [5, 5.41) is 3.91. The Morgan fingerprint density at radius 2 is 1.84 bits per heavy atom. The average Bonchev–Trinajstić information content (AvgIpc) is 2.79. The van der Waals surface area contributed by atoms with E-state index in [0.717, 1.165) is 42.4 Å². The first-order chi connectivity index (χ1) is 15.5. The highest BCUT2D eigenvalue weighted by molar-refractivity contribution is 6.31. The van der Waals surface area contributed by atoms with E-state index in [0.29, 0.717) is 30.8 Å². The summed E-state index contributed by atoms with van der Waals surface area (Å²) in [6, 6.07) is 15.5. The third-order valence-electron chi connectivity index (χ3n) is 6.34. The molecule has 1 fully saturated rings. The number of hydrogen-bond acceptors (Lipinski definition) is 2. The number of amides is 2. The van der Waals surface area contributed by atoms with Crippen molar-refractivity contribution >= 4 is 23.4 Å². The lowest BCUT2D eigenvalue weighted by Crippen LogP contribution is -2.51. The first-order valence-corrected chi connectivity index (χ1v) is 12.2. The van der Waals surface area contributed by atoms with E-state index in [1.54, 1.807) is 4.90 Å². The number of hydrogen-bond donors (Lipinski definition) is 1. The molecule has 1 aliphatic carbocycles. The van der Waals surface area contributed by atoms with Gasteiger partial charge in [0.2, 0.25) is 11.8 Å². The number of carbonyl (C=O) groups is 2. The summed E-state index contributed by atoms with van der Waals surface area (Å²) < 4.78 is 0. The van der Waals surface area contributed by atoms with Crippen molar-refractivity contribution in [1.82, 2.24) is 10.2 Å². The largest absolute Gasteiger partial charge is 0.352 e. The fraction of sp³-hybridized carbons (Fsp3) is 0.481. The molecule has 0 heterocycles. The Morgan fingerprint density at radius 3 is 2.53 bits per heavy atom. The van der Waals surface area contributed by atoms with Gasteiger partial charge in [0.15, 0.2) is 0 Å². The van der Waals surface area contributed by atoms with E-state index in [9.17, 15) is 9.59 Å². The van der Waals surface area contributed by atoms with E-state index in [1.165, 1.54) is 6.42 Å². The maximum atomic E-state index is 13.4. The minimum Gasteiger partial charge on any atom is -0.352 e. The molecule has 2 aromatic carbocycles. The second-order valence-electron chi connectivity index (χ2n) is 8.87. The Kier molecular flexibility index (Phi) is 9.16. The molecule has 1 aliphatic rings. The predicted octanol–water partition coefficient (Wildman–Crippen LogP) is 5.84. The third-order valence-corrected chi connectivity index (χ3v) is 6.71. The zero-order valence-electron chi connectivity index (χ0n) is 19.3. The van der Waals surface area contributed by atoms with Crippen LogP contribution < -0.4 is 5.32 Å². The van der Waals surface area contributed by atoms with E-state index in [4.69, 9.17) is 11.6 Å². The number of nitrogens with one attached hydrogen (secondary N) is 1. The van der Waals surface area contributed by atoms with Gasteiger partial charge in [0.1, 0.15) is 6.04 Å². The molecule has 0 aliphatic heterocycles. The Bertz CT molecular complexity index is 908. The Hall–Kier alpha value is -2.33. The van der Waals surface area contributed by atoms with Crippen molar-refractivity contribution in [3.8, 4) is 0 Å². The van der Waals surface area contributed by atoms with Gasteiger partial charge < -0.3 is 10.2 Å². The monoisotopic (exact) mass is 454 g/mol. The molecule has 0 aromatic heterocycles. The topological polar surface area (TPSA) is 49.4 Å². The molecule has 5 heteroatoms. The van der Waals surface area contributed by atoms with Gasteiger partial charge >= 0.3 is 0 Å². The molecular weight excluding hydrogens is 420 g/mol. The zero-order chi connectivity index (χ0) is 22.9.